The Kier molecular flexibility index (Phi) is 7.59. The molecule has 35 heavy (non-hydrogen) atoms. The highest BCUT2D eigenvalue weighted by atomic mass is 16.6. The zero-order valence-electron chi connectivity index (χ0n) is 19.9. The molecule has 10 nitrogen and oxygen atoms in total. The number of carbonyl (C=O) groups is 3. The fourth-order valence-electron chi connectivity index (χ4n) is 4.10. The van der Waals surface area contributed by atoms with E-state index in [2.05, 4.69) is 10.4 Å². The van der Waals surface area contributed by atoms with Crippen LogP contribution in [-0.2, 0) is 20.8 Å². The molecule has 2 amide bonds. The summed E-state index contributed by atoms with van der Waals surface area (Å²) in [7, 11) is 0. The Morgan fingerprint density at radius 3 is 2.51 bits per heavy atom. The molecule has 0 bridgehead atoms. The minimum Gasteiger partial charge on any atom is -0.452 e. The van der Waals surface area contributed by atoms with Crippen LogP contribution in [0, 0.1) is 0 Å². The molecule has 0 unspecified atom stereocenters. The number of pyridine rings is 1. The van der Waals surface area contributed by atoms with E-state index in [-0.39, 0.29) is 18.0 Å². The monoisotopic (exact) mass is 479 g/mol. The zero-order chi connectivity index (χ0) is 24.8. The average molecular weight is 480 g/mol. The number of nitrogens with zero attached hydrogens (tertiary/aromatic N) is 4. The van der Waals surface area contributed by atoms with Crippen molar-refractivity contribution < 1.29 is 23.9 Å². The quantitative estimate of drug-likeness (QED) is 0.518. The summed E-state index contributed by atoms with van der Waals surface area (Å²) >= 11 is 0. The van der Waals surface area contributed by atoms with Crippen LogP contribution in [0.15, 0.2) is 42.6 Å². The molecule has 3 aromatic rings. The van der Waals surface area contributed by atoms with Crippen molar-refractivity contribution in [1.29, 1.82) is 0 Å². The van der Waals surface area contributed by atoms with Gasteiger partial charge < -0.3 is 19.7 Å². The molecule has 2 aromatic heterocycles. The Hall–Kier alpha value is -3.95. The third-order valence-electron chi connectivity index (χ3n) is 5.92. The summed E-state index contributed by atoms with van der Waals surface area (Å²) in [5.74, 6) is -0.997. The average Bonchev–Trinajstić information content (AvgIpc) is 3.31. The molecule has 1 aliphatic heterocycles. The van der Waals surface area contributed by atoms with Crippen LogP contribution in [0.4, 0.5) is 4.79 Å². The third kappa shape index (κ3) is 5.59. The summed E-state index contributed by atoms with van der Waals surface area (Å²) in [6.07, 6.45) is 2.48. The van der Waals surface area contributed by atoms with Crippen molar-refractivity contribution in [3.63, 3.8) is 0 Å². The normalized spacial score (nSPS) is 14.1. The molecular weight excluding hydrogens is 450 g/mol. The fourth-order valence-corrected chi connectivity index (χ4v) is 4.10. The molecular formula is C25H29N5O5. The van der Waals surface area contributed by atoms with E-state index >= 15 is 0 Å². The van der Waals surface area contributed by atoms with Crippen LogP contribution in [0.3, 0.4) is 0 Å². The van der Waals surface area contributed by atoms with Gasteiger partial charge in [-0.1, -0.05) is 30.3 Å². The summed E-state index contributed by atoms with van der Waals surface area (Å²) in [6, 6.07) is 11.1. The van der Waals surface area contributed by atoms with E-state index in [9.17, 15) is 14.4 Å². The van der Waals surface area contributed by atoms with Gasteiger partial charge in [-0.25, -0.2) is 19.3 Å². The molecule has 184 valence electrons. The lowest BCUT2D eigenvalue weighted by molar-refractivity contribution is -0.125. The van der Waals surface area contributed by atoms with Gasteiger partial charge in [0.2, 0.25) is 0 Å². The Labute approximate surface area is 203 Å². The second-order valence-electron chi connectivity index (χ2n) is 8.22. The molecule has 0 atom stereocenters. The number of fused-ring (bicyclic) bond motifs is 1. The molecule has 3 heterocycles. The van der Waals surface area contributed by atoms with Crippen molar-refractivity contribution in [3.05, 3.63) is 48.2 Å². The summed E-state index contributed by atoms with van der Waals surface area (Å²) in [6.45, 7) is 5.25. The number of aryl methyl sites for hydroxylation is 1. The number of nitrogens with one attached hydrogen (secondary N) is 1. The smallest absolute Gasteiger partial charge is 0.409 e. The minimum absolute atomic E-state index is 0.0908. The molecule has 1 fully saturated rings. The van der Waals surface area contributed by atoms with Crippen molar-refractivity contribution in [1.82, 2.24) is 25.0 Å². The maximum atomic E-state index is 13.0. The first-order valence-electron chi connectivity index (χ1n) is 11.8. The lowest BCUT2D eigenvalue weighted by Crippen LogP contribution is -2.47. The molecule has 1 aliphatic rings. The summed E-state index contributed by atoms with van der Waals surface area (Å²) in [4.78, 5) is 43.6. The fraction of sp³-hybridized carbons (Fsp3) is 0.400. The second kappa shape index (κ2) is 11.0. The van der Waals surface area contributed by atoms with E-state index in [1.54, 1.807) is 28.8 Å². The zero-order valence-corrected chi connectivity index (χ0v) is 19.9. The van der Waals surface area contributed by atoms with Gasteiger partial charge in [0.1, 0.15) is 0 Å². The van der Waals surface area contributed by atoms with Crippen LogP contribution in [0.2, 0.25) is 0 Å². The number of hydrogen-bond acceptors (Lipinski definition) is 7. The van der Waals surface area contributed by atoms with E-state index in [0.29, 0.717) is 61.4 Å². The van der Waals surface area contributed by atoms with E-state index in [4.69, 9.17) is 14.5 Å². The standard InChI is InChI=1S/C25H29N5O5/c1-3-30-23-20(15-26-30)19(14-21(28-23)17-8-6-5-7-9-17)24(32)35-16-22(31)27-18-10-12-29(13-11-18)25(33)34-4-2/h5-9,14-15,18H,3-4,10-13,16H2,1-2H3,(H,27,31). The van der Waals surface area contributed by atoms with E-state index < -0.39 is 12.6 Å². The number of esters is 1. The molecule has 0 spiro atoms. The predicted molar refractivity (Wildman–Crippen MR) is 129 cm³/mol. The van der Waals surface area contributed by atoms with Gasteiger partial charge in [-0.15, -0.1) is 0 Å². The number of rotatable bonds is 7. The van der Waals surface area contributed by atoms with E-state index in [1.807, 2.05) is 37.3 Å². The molecule has 1 N–H and O–H groups in total. The van der Waals surface area contributed by atoms with Crippen LogP contribution in [-0.4, -0.2) is 70.0 Å². The Balaban J connectivity index is 1.40. The highest BCUT2D eigenvalue weighted by Crippen LogP contribution is 2.25. The number of benzene rings is 1. The molecule has 1 saturated heterocycles. The highest BCUT2D eigenvalue weighted by Gasteiger charge is 2.25. The first-order chi connectivity index (χ1) is 17.0. The molecule has 0 aliphatic carbocycles. The molecule has 0 saturated carbocycles. The second-order valence-corrected chi connectivity index (χ2v) is 8.22. The molecule has 1 aromatic carbocycles. The number of hydrogen-bond donors (Lipinski definition) is 1. The maximum absolute atomic E-state index is 13.0. The summed E-state index contributed by atoms with van der Waals surface area (Å²) in [5, 5.41) is 7.78. The lowest BCUT2D eigenvalue weighted by Gasteiger charge is -2.31. The highest BCUT2D eigenvalue weighted by molar-refractivity contribution is 6.04. The Morgan fingerprint density at radius 1 is 1.09 bits per heavy atom. The largest absolute Gasteiger partial charge is 0.452 e. The number of ether oxygens (including phenoxy) is 2. The summed E-state index contributed by atoms with van der Waals surface area (Å²) < 4.78 is 12.1. The number of amides is 2. The Bertz CT molecular complexity index is 1200. The van der Waals surface area contributed by atoms with Gasteiger partial charge in [0.05, 0.1) is 29.4 Å². The third-order valence-corrected chi connectivity index (χ3v) is 5.92. The minimum atomic E-state index is -0.613. The number of carbonyl (C=O) groups excluding carboxylic acids is 3. The first-order valence-corrected chi connectivity index (χ1v) is 11.8. The van der Waals surface area contributed by atoms with Crippen molar-refractivity contribution >= 4 is 29.0 Å². The van der Waals surface area contributed by atoms with Crippen molar-refractivity contribution in [3.8, 4) is 11.3 Å². The van der Waals surface area contributed by atoms with Gasteiger partial charge in [0, 0.05) is 31.2 Å². The van der Waals surface area contributed by atoms with Gasteiger partial charge >= 0.3 is 12.1 Å². The van der Waals surface area contributed by atoms with Gasteiger partial charge in [-0.3, -0.25) is 4.79 Å². The molecule has 4 rings (SSSR count). The van der Waals surface area contributed by atoms with Crippen LogP contribution < -0.4 is 5.32 Å². The molecule has 10 heteroatoms. The van der Waals surface area contributed by atoms with Crippen LogP contribution in [0.5, 0.6) is 0 Å². The van der Waals surface area contributed by atoms with Gasteiger partial charge in [0.25, 0.3) is 5.91 Å². The topological polar surface area (TPSA) is 116 Å². The van der Waals surface area contributed by atoms with Crippen LogP contribution in [0.25, 0.3) is 22.3 Å². The van der Waals surface area contributed by atoms with Crippen LogP contribution in [0.1, 0.15) is 37.0 Å². The summed E-state index contributed by atoms with van der Waals surface area (Å²) in [5.41, 5.74) is 2.37. The van der Waals surface area contributed by atoms with Crippen LogP contribution >= 0.6 is 0 Å². The first kappa shape index (κ1) is 24.2. The number of likely N-dealkylation sites (tertiary alicyclic amines) is 1. The predicted octanol–water partition coefficient (Wildman–Crippen LogP) is 3.01. The van der Waals surface area contributed by atoms with Crippen molar-refractivity contribution in [2.24, 2.45) is 0 Å². The van der Waals surface area contributed by atoms with Crippen molar-refractivity contribution in [2.45, 2.75) is 39.3 Å². The van der Waals surface area contributed by atoms with Gasteiger partial charge in [-0.2, -0.15) is 5.10 Å². The van der Waals surface area contributed by atoms with Gasteiger partial charge in [0.15, 0.2) is 12.3 Å². The number of aromatic nitrogens is 3. The maximum Gasteiger partial charge on any atom is 0.409 e. The van der Waals surface area contributed by atoms with Gasteiger partial charge in [-0.05, 0) is 32.8 Å². The Morgan fingerprint density at radius 2 is 1.83 bits per heavy atom. The number of piperidine rings is 1. The SMILES string of the molecule is CCOC(=O)N1CCC(NC(=O)COC(=O)c2cc(-c3ccccc3)nc3c2cnn3CC)CC1. The van der Waals surface area contributed by atoms with Crippen molar-refractivity contribution in [2.75, 3.05) is 26.3 Å². The molecule has 0 radical (unpaired) electrons. The lowest BCUT2D eigenvalue weighted by atomic mass is 10.1. The van der Waals surface area contributed by atoms with E-state index in [1.165, 1.54) is 0 Å². The van der Waals surface area contributed by atoms with E-state index in [0.717, 1.165) is 5.56 Å².